The lowest BCUT2D eigenvalue weighted by Gasteiger charge is -2.29. The van der Waals surface area contributed by atoms with Crippen LogP contribution in [-0.4, -0.2) is 43.0 Å². The van der Waals surface area contributed by atoms with Crippen LogP contribution in [0.25, 0.3) is 0 Å². The quantitative estimate of drug-likeness (QED) is 0.772. The molecule has 0 aromatic heterocycles. The molecule has 1 saturated heterocycles. The Morgan fingerprint density at radius 3 is 2.72 bits per heavy atom. The molecule has 1 heterocycles. The monoisotopic (exact) mass is 248 g/mol. The van der Waals surface area contributed by atoms with Crippen LogP contribution in [0.5, 0.6) is 0 Å². The van der Waals surface area contributed by atoms with Crippen LogP contribution in [0, 0.1) is 0 Å². The zero-order chi connectivity index (χ0) is 13.0. The van der Waals surface area contributed by atoms with Crippen LogP contribution >= 0.6 is 0 Å². The van der Waals surface area contributed by atoms with E-state index in [1.54, 1.807) is 7.05 Å². The van der Waals surface area contributed by atoms with Crippen LogP contribution < -0.4 is 5.32 Å². The molecule has 1 aliphatic rings. The summed E-state index contributed by atoms with van der Waals surface area (Å²) >= 11 is 0. The van der Waals surface area contributed by atoms with Gasteiger partial charge in [-0.2, -0.15) is 0 Å². The molecule has 1 unspecified atom stereocenters. The molecule has 2 rings (SSSR count). The highest BCUT2D eigenvalue weighted by Crippen LogP contribution is 2.03. The molecule has 1 aliphatic heterocycles. The second kappa shape index (κ2) is 5.64. The van der Waals surface area contributed by atoms with Gasteiger partial charge in [-0.3, -0.25) is 9.59 Å². The lowest BCUT2D eigenvalue weighted by atomic mass is 10.2. The van der Waals surface area contributed by atoms with Gasteiger partial charge in [0.2, 0.25) is 0 Å². The summed E-state index contributed by atoms with van der Waals surface area (Å²) < 4.78 is 5.54. The fourth-order valence-electron chi connectivity index (χ4n) is 1.87. The summed E-state index contributed by atoms with van der Waals surface area (Å²) in [5.74, 6) is -1.05. The van der Waals surface area contributed by atoms with Crippen molar-refractivity contribution in [2.24, 2.45) is 0 Å². The van der Waals surface area contributed by atoms with Crippen molar-refractivity contribution < 1.29 is 14.3 Å². The van der Waals surface area contributed by atoms with Gasteiger partial charge < -0.3 is 15.0 Å². The summed E-state index contributed by atoms with van der Waals surface area (Å²) in [6.45, 7) is 1.39. The number of carbonyl (C=O) groups is 2. The smallest absolute Gasteiger partial charge is 0.311 e. The Morgan fingerprint density at radius 2 is 2.06 bits per heavy atom. The highest BCUT2D eigenvalue weighted by atomic mass is 16.5. The van der Waals surface area contributed by atoms with Gasteiger partial charge in [0, 0.05) is 13.6 Å². The lowest BCUT2D eigenvalue weighted by molar-refractivity contribution is -0.149. The molecule has 96 valence electrons. The Morgan fingerprint density at radius 1 is 1.33 bits per heavy atom. The summed E-state index contributed by atoms with van der Waals surface area (Å²) in [6.07, 6.45) is 0. The van der Waals surface area contributed by atoms with E-state index in [9.17, 15) is 9.59 Å². The molecule has 0 radical (unpaired) electrons. The average Bonchev–Trinajstić information content (AvgIpc) is 2.37. The third kappa shape index (κ3) is 3.07. The van der Waals surface area contributed by atoms with Gasteiger partial charge in [-0.1, -0.05) is 30.3 Å². The zero-order valence-corrected chi connectivity index (χ0v) is 10.3. The third-order valence-electron chi connectivity index (χ3n) is 2.80. The van der Waals surface area contributed by atoms with Crippen molar-refractivity contribution in [2.75, 3.05) is 20.2 Å². The van der Waals surface area contributed by atoms with Gasteiger partial charge >= 0.3 is 11.8 Å². The van der Waals surface area contributed by atoms with E-state index >= 15 is 0 Å². The van der Waals surface area contributed by atoms with Crippen molar-refractivity contribution >= 4 is 11.8 Å². The number of benzene rings is 1. The van der Waals surface area contributed by atoms with Gasteiger partial charge in [-0.15, -0.1) is 0 Å². The maximum atomic E-state index is 11.3. The number of hydrogen-bond donors (Lipinski definition) is 1. The van der Waals surface area contributed by atoms with E-state index in [1.807, 2.05) is 30.3 Å². The maximum absolute atomic E-state index is 11.3. The second-order valence-corrected chi connectivity index (χ2v) is 4.36. The zero-order valence-electron chi connectivity index (χ0n) is 10.3. The first-order chi connectivity index (χ1) is 8.66. The number of carbonyl (C=O) groups excluding carboxylic acids is 2. The van der Waals surface area contributed by atoms with E-state index in [0.717, 1.165) is 5.56 Å². The van der Waals surface area contributed by atoms with Crippen molar-refractivity contribution in [3.05, 3.63) is 35.9 Å². The second-order valence-electron chi connectivity index (χ2n) is 4.36. The number of ether oxygens (including phenoxy) is 1. The molecule has 1 fully saturated rings. The van der Waals surface area contributed by atoms with Gasteiger partial charge in [0.1, 0.15) is 0 Å². The van der Waals surface area contributed by atoms with Crippen molar-refractivity contribution in [2.45, 2.75) is 12.6 Å². The van der Waals surface area contributed by atoms with E-state index in [1.165, 1.54) is 4.90 Å². The van der Waals surface area contributed by atoms with Crippen molar-refractivity contribution in [3.8, 4) is 0 Å². The molecule has 18 heavy (non-hydrogen) atoms. The number of nitrogens with zero attached hydrogens (tertiary/aromatic N) is 1. The molecule has 1 N–H and O–H groups in total. The molecular weight excluding hydrogens is 232 g/mol. The number of amides is 2. The van der Waals surface area contributed by atoms with Crippen LogP contribution in [-0.2, 0) is 20.9 Å². The minimum atomic E-state index is -0.558. The Bertz CT molecular complexity index is 433. The predicted octanol–water partition coefficient (Wildman–Crippen LogP) is 0.160. The molecule has 0 spiro atoms. The Labute approximate surface area is 106 Å². The fourth-order valence-corrected chi connectivity index (χ4v) is 1.87. The Balaban J connectivity index is 1.78. The topological polar surface area (TPSA) is 58.6 Å². The number of likely N-dealkylation sites (N-methyl/N-ethyl adjacent to an activating group) is 1. The van der Waals surface area contributed by atoms with Gasteiger partial charge in [0.25, 0.3) is 0 Å². The number of hydrogen-bond acceptors (Lipinski definition) is 3. The lowest BCUT2D eigenvalue weighted by Crippen LogP contribution is -2.57. The first-order valence-electron chi connectivity index (χ1n) is 5.84. The number of rotatable bonds is 4. The van der Waals surface area contributed by atoms with Crippen molar-refractivity contribution in [3.63, 3.8) is 0 Å². The normalized spacial score (nSPS) is 19.8. The number of piperazine rings is 1. The first kappa shape index (κ1) is 12.6. The molecule has 1 atom stereocenters. The van der Waals surface area contributed by atoms with Gasteiger partial charge in [0.05, 0.1) is 19.3 Å². The molecule has 0 bridgehead atoms. The predicted molar refractivity (Wildman–Crippen MR) is 65.7 cm³/mol. The first-order valence-corrected chi connectivity index (χ1v) is 5.84. The maximum Gasteiger partial charge on any atom is 0.311 e. The highest BCUT2D eigenvalue weighted by molar-refractivity contribution is 6.35. The third-order valence-corrected chi connectivity index (χ3v) is 2.80. The summed E-state index contributed by atoms with van der Waals surface area (Å²) in [7, 11) is 1.62. The summed E-state index contributed by atoms with van der Waals surface area (Å²) in [6, 6.07) is 9.68. The van der Waals surface area contributed by atoms with E-state index in [-0.39, 0.29) is 6.04 Å². The minimum absolute atomic E-state index is 0.135. The number of nitrogens with one attached hydrogen (secondary N) is 1. The highest BCUT2D eigenvalue weighted by Gasteiger charge is 2.29. The van der Waals surface area contributed by atoms with E-state index < -0.39 is 11.8 Å². The Hall–Kier alpha value is -1.88. The molecule has 0 aliphatic carbocycles. The van der Waals surface area contributed by atoms with E-state index in [2.05, 4.69) is 5.32 Å². The SMILES string of the molecule is CN1CC(COCc2ccccc2)NC(=O)C1=O. The van der Waals surface area contributed by atoms with Crippen LogP contribution in [0.15, 0.2) is 30.3 Å². The molecule has 1 aromatic rings. The summed E-state index contributed by atoms with van der Waals surface area (Å²) in [5.41, 5.74) is 1.09. The van der Waals surface area contributed by atoms with Crippen LogP contribution in [0.3, 0.4) is 0 Å². The van der Waals surface area contributed by atoms with Crippen molar-refractivity contribution in [1.82, 2.24) is 10.2 Å². The molecule has 5 heteroatoms. The summed E-state index contributed by atoms with van der Waals surface area (Å²) in [4.78, 5) is 23.9. The standard InChI is InChI=1S/C13H16N2O3/c1-15-7-11(14-12(16)13(15)17)9-18-8-10-5-3-2-4-6-10/h2-6,11H,7-9H2,1H3,(H,14,16). The van der Waals surface area contributed by atoms with Gasteiger partial charge in [-0.25, -0.2) is 0 Å². The largest absolute Gasteiger partial charge is 0.375 e. The molecular formula is C13H16N2O3. The molecule has 2 amide bonds. The van der Waals surface area contributed by atoms with Gasteiger partial charge in [-0.05, 0) is 5.56 Å². The minimum Gasteiger partial charge on any atom is -0.375 e. The van der Waals surface area contributed by atoms with Gasteiger partial charge in [0.15, 0.2) is 0 Å². The van der Waals surface area contributed by atoms with E-state index in [0.29, 0.717) is 19.8 Å². The summed E-state index contributed by atoms with van der Waals surface area (Å²) in [5, 5.41) is 2.63. The van der Waals surface area contributed by atoms with Crippen LogP contribution in [0.4, 0.5) is 0 Å². The van der Waals surface area contributed by atoms with Crippen LogP contribution in [0.2, 0.25) is 0 Å². The molecule has 0 saturated carbocycles. The molecule has 5 nitrogen and oxygen atoms in total. The molecule has 1 aromatic carbocycles. The van der Waals surface area contributed by atoms with E-state index in [4.69, 9.17) is 4.74 Å². The van der Waals surface area contributed by atoms with Crippen LogP contribution in [0.1, 0.15) is 5.56 Å². The Kier molecular flexibility index (Phi) is 3.94. The van der Waals surface area contributed by atoms with Crippen molar-refractivity contribution in [1.29, 1.82) is 0 Å². The fraction of sp³-hybridized carbons (Fsp3) is 0.385. The average molecular weight is 248 g/mol.